The summed E-state index contributed by atoms with van der Waals surface area (Å²) >= 11 is 0. The van der Waals surface area contributed by atoms with Crippen LogP contribution in [0.5, 0.6) is 0 Å². The van der Waals surface area contributed by atoms with Crippen molar-refractivity contribution in [2.24, 2.45) is 0 Å². The maximum absolute atomic E-state index is 9.73. The van der Waals surface area contributed by atoms with Crippen LogP contribution in [-0.2, 0) is 19.0 Å². The third-order valence-corrected chi connectivity index (χ3v) is 0.892. The molecule has 0 amide bonds. The van der Waals surface area contributed by atoms with Gasteiger partial charge in [0, 0.05) is 0 Å². The zero-order valence-electron chi connectivity index (χ0n) is 4.91. The smallest absolute Gasteiger partial charge is 0.272 e. The monoisotopic (exact) mass is 132 g/mol. The third kappa shape index (κ3) is 2.09. The molecule has 0 aromatic heterocycles. The molecule has 1 fully saturated rings. The fourth-order valence-electron chi connectivity index (χ4n) is 0.551. The van der Waals surface area contributed by atoms with Gasteiger partial charge in [-0.2, -0.15) is 0 Å². The molecule has 0 aliphatic carbocycles. The molecule has 1 aliphatic heterocycles. The highest BCUT2D eigenvalue weighted by atomic mass is 16.9. The number of ether oxygens (including phenoxy) is 3. The second-order valence-corrected chi connectivity index (χ2v) is 1.53. The van der Waals surface area contributed by atoms with Gasteiger partial charge in [-0.3, -0.25) is 0 Å². The van der Waals surface area contributed by atoms with Crippen LogP contribution in [0.3, 0.4) is 0 Å². The van der Waals surface area contributed by atoms with Crippen molar-refractivity contribution in [3.05, 3.63) is 0 Å². The molecule has 0 atom stereocenters. The summed E-state index contributed by atoms with van der Waals surface area (Å²) in [6.07, 6.45) is 0.658. The molecular weight excluding hydrogens is 124 g/mol. The minimum absolute atomic E-state index is 0.0324. The van der Waals surface area contributed by atoms with Crippen LogP contribution in [0.2, 0.25) is 0 Å². The standard InChI is InChI=1S/C5H8O4/c6-1-2-7-5-8-3-4-9-5/h1,5H,2-4H2. The first kappa shape index (κ1) is 6.67. The average Bonchev–Trinajstić information content (AvgIpc) is 2.34. The lowest BCUT2D eigenvalue weighted by molar-refractivity contribution is -0.225. The second kappa shape index (κ2) is 3.55. The first-order chi connectivity index (χ1) is 4.43. The molecule has 0 radical (unpaired) electrons. The van der Waals surface area contributed by atoms with Crippen molar-refractivity contribution >= 4 is 6.29 Å². The summed E-state index contributed by atoms with van der Waals surface area (Å²) in [4.78, 5) is 9.73. The lowest BCUT2D eigenvalue weighted by Crippen LogP contribution is -2.13. The molecule has 0 saturated carbocycles. The second-order valence-electron chi connectivity index (χ2n) is 1.53. The number of hydrogen-bond donors (Lipinski definition) is 0. The summed E-state index contributed by atoms with van der Waals surface area (Å²) in [5, 5.41) is 0. The summed E-state index contributed by atoms with van der Waals surface area (Å²) < 4.78 is 14.4. The van der Waals surface area contributed by atoms with Crippen LogP contribution in [0.15, 0.2) is 0 Å². The largest absolute Gasteiger partial charge is 0.327 e. The Morgan fingerprint density at radius 1 is 1.56 bits per heavy atom. The number of aldehydes is 1. The van der Waals surface area contributed by atoms with Crippen LogP contribution >= 0.6 is 0 Å². The Bertz CT molecular complexity index is 87.0. The molecule has 1 saturated heterocycles. The van der Waals surface area contributed by atoms with Crippen molar-refractivity contribution in [1.29, 1.82) is 0 Å². The summed E-state index contributed by atoms with van der Waals surface area (Å²) in [6.45, 7) is 0.507. The zero-order valence-corrected chi connectivity index (χ0v) is 4.91. The van der Waals surface area contributed by atoms with E-state index in [1.165, 1.54) is 0 Å². The van der Waals surface area contributed by atoms with Crippen molar-refractivity contribution in [2.45, 2.75) is 6.48 Å². The van der Waals surface area contributed by atoms with E-state index in [2.05, 4.69) is 0 Å². The van der Waals surface area contributed by atoms with Gasteiger partial charge in [-0.15, -0.1) is 0 Å². The van der Waals surface area contributed by atoms with Gasteiger partial charge in [-0.1, -0.05) is 0 Å². The Labute approximate surface area is 52.7 Å². The van der Waals surface area contributed by atoms with E-state index in [1.807, 2.05) is 0 Å². The van der Waals surface area contributed by atoms with E-state index >= 15 is 0 Å². The summed E-state index contributed by atoms with van der Waals surface area (Å²) in [5.41, 5.74) is 0. The van der Waals surface area contributed by atoms with E-state index in [9.17, 15) is 4.79 Å². The number of hydrogen-bond acceptors (Lipinski definition) is 4. The van der Waals surface area contributed by atoms with Crippen molar-refractivity contribution in [3.8, 4) is 0 Å². The Hall–Kier alpha value is -0.450. The Morgan fingerprint density at radius 2 is 2.22 bits per heavy atom. The van der Waals surface area contributed by atoms with Gasteiger partial charge in [0.25, 0.3) is 6.48 Å². The summed E-state index contributed by atoms with van der Waals surface area (Å²) in [7, 11) is 0. The van der Waals surface area contributed by atoms with Gasteiger partial charge >= 0.3 is 0 Å². The maximum Gasteiger partial charge on any atom is 0.272 e. The number of rotatable bonds is 3. The van der Waals surface area contributed by atoms with E-state index in [0.717, 1.165) is 0 Å². The van der Waals surface area contributed by atoms with Crippen LogP contribution in [0, 0.1) is 0 Å². The fraction of sp³-hybridized carbons (Fsp3) is 0.800. The molecule has 4 heteroatoms. The zero-order chi connectivity index (χ0) is 6.53. The molecular formula is C5H8O4. The van der Waals surface area contributed by atoms with Crippen LogP contribution < -0.4 is 0 Å². The van der Waals surface area contributed by atoms with Crippen LogP contribution in [-0.4, -0.2) is 32.6 Å². The Balaban J connectivity index is 2.04. The van der Waals surface area contributed by atoms with Gasteiger partial charge in [-0.25, -0.2) is 0 Å². The van der Waals surface area contributed by atoms with Crippen molar-refractivity contribution in [3.63, 3.8) is 0 Å². The average molecular weight is 132 g/mol. The molecule has 1 rings (SSSR count). The van der Waals surface area contributed by atoms with Crippen molar-refractivity contribution < 1.29 is 19.0 Å². The van der Waals surface area contributed by atoms with E-state index in [4.69, 9.17) is 14.2 Å². The van der Waals surface area contributed by atoms with Gasteiger partial charge in [-0.05, 0) is 0 Å². The molecule has 0 N–H and O–H groups in total. The van der Waals surface area contributed by atoms with Crippen molar-refractivity contribution in [1.82, 2.24) is 0 Å². The molecule has 1 aliphatic rings. The first-order valence-corrected chi connectivity index (χ1v) is 2.72. The van der Waals surface area contributed by atoms with Crippen LogP contribution in [0.25, 0.3) is 0 Å². The predicted molar refractivity (Wildman–Crippen MR) is 27.7 cm³/mol. The lowest BCUT2D eigenvalue weighted by Gasteiger charge is -2.05. The van der Waals surface area contributed by atoms with E-state index < -0.39 is 6.48 Å². The molecule has 0 bridgehead atoms. The van der Waals surface area contributed by atoms with Gasteiger partial charge in [0.1, 0.15) is 12.9 Å². The molecule has 9 heavy (non-hydrogen) atoms. The van der Waals surface area contributed by atoms with Gasteiger partial charge in [0.2, 0.25) is 0 Å². The Kier molecular flexibility index (Phi) is 2.63. The van der Waals surface area contributed by atoms with Gasteiger partial charge in [0.15, 0.2) is 0 Å². The van der Waals surface area contributed by atoms with Crippen molar-refractivity contribution in [2.75, 3.05) is 19.8 Å². The van der Waals surface area contributed by atoms with Gasteiger partial charge < -0.3 is 19.0 Å². The summed E-state index contributed by atoms with van der Waals surface area (Å²) in [5.74, 6) is 0. The maximum atomic E-state index is 9.73. The van der Waals surface area contributed by atoms with E-state index in [1.54, 1.807) is 0 Å². The highest BCUT2D eigenvalue weighted by Crippen LogP contribution is 2.03. The molecule has 0 spiro atoms. The molecule has 0 aromatic carbocycles. The van der Waals surface area contributed by atoms with E-state index in [0.29, 0.717) is 19.5 Å². The number of carbonyl (C=O) groups is 1. The van der Waals surface area contributed by atoms with Crippen LogP contribution in [0.1, 0.15) is 0 Å². The molecule has 52 valence electrons. The minimum Gasteiger partial charge on any atom is -0.327 e. The topological polar surface area (TPSA) is 44.8 Å². The summed E-state index contributed by atoms with van der Waals surface area (Å²) in [6, 6.07) is 0. The fourth-order valence-corrected chi connectivity index (χ4v) is 0.551. The normalized spacial score (nSPS) is 20.4. The molecule has 4 nitrogen and oxygen atoms in total. The predicted octanol–water partition coefficient (Wildman–Crippen LogP) is -0.468. The third-order valence-electron chi connectivity index (χ3n) is 0.892. The lowest BCUT2D eigenvalue weighted by atomic mass is 10.8. The molecule has 0 unspecified atom stereocenters. The SMILES string of the molecule is O=CCOC1OCCO1. The molecule has 1 heterocycles. The highest BCUT2D eigenvalue weighted by molar-refractivity contribution is 5.50. The first-order valence-electron chi connectivity index (χ1n) is 2.72. The number of carbonyl (C=O) groups excluding carboxylic acids is 1. The quantitative estimate of drug-likeness (QED) is 0.487. The van der Waals surface area contributed by atoms with Gasteiger partial charge in [0.05, 0.1) is 13.2 Å². The highest BCUT2D eigenvalue weighted by Gasteiger charge is 2.14. The van der Waals surface area contributed by atoms with Crippen LogP contribution in [0.4, 0.5) is 0 Å². The van der Waals surface area contributed by atoms with E-state index in [-0.39, 0.29) is 6.61 Å². The Morgan fingerprint density at radius 3 is 2.78 bits per heavy atom. The molecule has 0 aromatic rings. The minimum atomic E-state index is -0.616.